The van der Waals surface area contributed by atoms with Crippen LogP contribution in [0.25, 0.3) is 0 Å². The lowest BCUT2D eigenvalue weighted by Gasteiger charge is -2.02. The molecular formula is C8H9ClFNO2. The first kappa shape index (κ1) is 11.8. The van der Waals surface area contributed by atoms with Crippen LogP contribution in [0.2, 0.25) is 0 Å². The van der Waals surface area contributed by atoms with Crippen molar-refractivity contribution in [1.82, 2.24) is 4.98 Å². The third kappa shape index (κ3) is 2.39. The van der Waals surface area contributed by atoms with Crippen molar-refractivity contribution in [2.75, 3.05) is 0 Å². The van der Waals surface area contributed by atoms with Gasteiger partial charge in [0, 0.05) is 0 Å². The van der Waals surface area contributed by atoms with Gasteiger partial charge in [-0.15, -0.1) is 12.4 Å². The number of nitrogens with zero attached hydrogens (tertiary/aromatic N) is 1. The fraction of sp³-hybridized carbons (Fsp3) is 0.250. The zero-order chi connectivity index (χ0) is 9.30. The Morgan fingerprint density at radius 1 is 1.54 bits per heavy atom. The average molecular weight is 206 g/mol. The second kappa shape index (κ2) is 4.18. The van der Waals surface area contributed by atoms with E-state index in [4.69, 9.17) is 5.11 Å². The van der Waals surface area contributed by atoms with E-state index in [0.29, 0.717) is 5.56 Å². The zero-order valence-corrected chi connectivity index (χ0v) is 7.98. The fourth-order valence-electron chi connectivity index (χ4n) is 1.11. The molecule has 1 N–H and O–H groups in total. The number of hydrogen-bond donors (Lipinski definition) is 1. The van der Waals surface area contributed by atoms with Crippen LogP contribution in [0, 0.1) is 19.8 Å². The first-order chi connectivity index (χ1) is 5.52. The molecule has 0 saturated heterocycles. The molecule has 0 spiro atoms. The Kier molecular flexibility index (Phi) is 3.81. The molecule has 5 heteroatoms. The highest BCUT2D eigenvalue weighted by atomic mass is 35.5. The molecule has 1 rings (SSSR count). The maximum atomic E-state index is 12.6. The molecule has 1 heterocycles. The maximum absolute atomic E-state index is 12.6. The summed E-state index contributed by atoms with van der Waals surface area (Å²) in [4.78, 5) is 14.0. The molecular weight excluding hydrogens is 197 g/mol. The monoisotopic (exact) mass is 205 g/mol. The Morgan fingerprint density at radius 2 is 2.08 bits per heavy atom. The van der Waals surface area contributed by atoms with E-state index in [1.807, 2.05) is 0 Å². The Hall–Kier alpha value is -1.16. The maximum Gasteiger partial charge on any atom is 0.337 e. The van der Waals surface area contributed by atoms with Crippen LogP contribution in [0.4, 0.5) is 4.39 Å². The van der Waals surface area contributed by atoms with Gasteiger partial charge in [-0.3, -0.25) is 0 Å². The van der Waals surface area contributed by atoms with Crippen LogP contribution in [0.5, 0.6) is 0 Å². The van der Waals surface area contributed by atoms with Gasteiger partial charge in [0.05, 0.1) is 11.3 Å². The summed E-state index contributed by atoms with van der Waals surface area (Å²) in [6, 6.07) is 1.11. The highest BCUT2D eigenvalue weighted by Gasteiger charge is 2.12. The summed E-state index contributed by atoms with van der Waals surface area (Å²) in [5.41, 5.74) is 0.684. The van der Waals surface area contributed by atoms with E-state index in [2.05, 4.69) is 4.98 Å². The summed E-state index contributed by atoms with van der Waals surface area (Å²) < 4.78 is 12.6. The molecule has 0 aliphatic carbocycles. The van der Waals surface area contributed by atoms with Crippen molar-refractivity contribution in [2.24, 2.45) is 0 Å². The lowest BCUT2D eigenvalue weighted by molar-refractivity contribution is 0.0694. The Morgan fingerprint density at radius 3 is 2.46 bits per heavy atom. The number of halogens is 2. The van der Waals surface area contributed by atoms with Gasteiger partial charge < -0.3 is 5.11 Å². The molecule has 0 aliphatic heterocycles. The van der Waals surface area contributed by atoms with E-state index in [-0.39, 0.29) is 23.7 Å². The number of hydrogen-bond acceptors (Lipinski definition) is 2. The summed E-state index contributed by atoms with van der Waals surface area (Å²) in [5.74, 6) is -1.72. The van der Waals surface area contributed by atoms with Gasteiger partial charge in [0.25, 0.3) is 0 Å². The van der Waals surface area contributed by atoms with Gasteiger partial charge in [0.1, 0.15) is 0 Å². The number of aromatic nitrogens is 1. The summed E-state index contributed by atoms with van der Waals surface area (Å²) >= 11 is 0. The van der Waals surface area contributed by atoms with Crippen LogP contribution in [-0.2, 0) is 0 Å². The van der Waals surface area contributed by atoms with Crippen molar-refractivity contribution in [3.05, 3.63) is 28.8 Å². The number of carbonyl (C=O) groups is 1. The van der Waals surface area contributed by atoms with Crippen LogP contribution in [0.15, 0.2) is 6.07 Å². The van der Waals surface area contributed by atoms with E-state index in [1.54, 1.807) is 6.92 Å². The molecule has 0 saturated carbocycles. The second-order valence-electron chi connectivity index (χ2n) is 2.53. The Labute approximate surface area is 81.0 Å². The predicted octanol–water partition coefficient (Wildman–Crippen LogP) is 1.96. The molecule has 0 unspecified atom stereocenters. The molecule has 1 aromatic heterocycles. The van der Waals surface area contributed by atoms with Crippen LogP contribution < -0.4 is 0 Å². The van der Waals surface area contributed by atoms with Gasteiger partial charge in [-0.25, -0.2) is 9.78 Å². The third-order valence-electron chi connectivity index (χ3n) is 1.58. The van der Waals surface area contributed by atoms with Crippen LogP contribution in [-0.4, -0.2) is 16.1 Å². The van der Waals surface area contributed by atoms with Gasteiger partial charge >= 0.3 is 5.97 Å². The molecule has 0 atom stereocenters. The topological polar surface area (TPSA) is 50.2 Å². The van der Waals surface area contributed by atoms with Gasteiger partial charge in [-0.05, 0) is 25.5 Å². The van der Waals surface area contributed by atoms with Crippen molar-refractivity contribution >= 4 is 18.4 Å². The number of rotatable bonds is 1. The van der Waals surface area contributed by atoms with Crippen LogP contribution in [0.3, 0.4) is 0 Å². The van der Waals surface area contributed by atoms with E-state index in [0.717, 1.165) is 6.07 Å². The fourth-order valence-corrected chi connectivity index (χ4v) is 1.11. The lowest BCUT2D eigenvalue weighted by atomic mass is 10.1. The van der Waals surface area contributed by atoms with Gasteiger partial charge in [0.2, 0.25) is 5.95 Å². The molecule has 0 bridgehead atoms. The summed E-state index contributed by atoms with van der Waals surface area (Å²) in [6.45, 7) is 3.01. The molecule has 13 heavy (non-hydrogen) atoms. The van der Waals surface area contributed by atoms with E-state index >= 15 is 0 Å². The second-order valence-corrected chi connectivity index (χ2v) is 2.53. The highest BCUT2D eigenvalue weighted by molar-refractivity contribution is 5.90. The molecule has 1 aromatic rings. The third-order valence-corrected chi connectivity index (χ3v) is 1.58. The van der Waals surface area contributed by atoms with Crippen molar-refractivity contribution < 1.29 is 14.3 Å². The van der Waals surface area contributed by atoms with Crippen molar-refractivity contribution in [2.45, 2.75) is 13.8 Å². The standard InChI is InChI=1S/C8H8FNO2.ClH/c1-4-3-6(9)10-5(2)7(4)8(11)12;/h3H,1-2H3,(H,11,12);1H. The molecule has 72 valence electrons. The minimum Gasteiger partial charge on any atom is -0.478 e. The van der Waals surface area contributed by atoms with E-state index in [1.165, 1.54) is 6.92 Å². The lowest BCUT2D eigenvalue weighted by Crippen LogP contribution is -2.06. The largest absolute Gasteiger partial charge is 0.478 e. The Bertz CT molecular complexity index is 318. The SMILES string of the molecule is Cc1cc(F)nc(C)c1C(=O)O.Cl. The number of carboxylic acid groups (broad SMARTS) is 1. The molecule has 0 amide bonds. The number of aromatic carboxylic acids is 1. The Balaban J connectivity index is 0.00000144. The van der Waals surface area contributed by atoms with Crippen molar-refractivity contribution in [3.63, 3.8) is 0 Å². The minimum atomic E-state index is -1.07. The summed E-state index contributed by atoms with van der Waals surface area (Å²) in [5, 5.41) is 8.67. The molecule has 3 nitrogen and oxygen atoms in total. The minimum absolute atomic E-state index is 0. The van der Waals surface area contributed by atoms with E-state index in [9.17, 15) is 9.18 Å². The average Bonchev–Trinajstić information content (AvgIpc) is 1.82. The number of carboxylic acids is 1. The van der Waals surface area contributed by atoms with Crippen LogP contribution in [0.1, 0.15) is 21.6 Å². The van der Waals surface area contributed by atoms with E-state index < -0.39 is 11.9 Å². The normalized spacial score (nSPS) is 9.15. The smallest absolute Gasteiger partial charge is 0.337 e. The van der Waals surface area contributed by atoms with Crippen LogP contribution >= 0.6 is 12.4 Å². The molecule has 0 radical (unpaired) electrons. The first-order valence-corrected chi connectivity index (χ1v) is 3.39. The quantitative estimate of drug-likeness (QED) is 0.713. The predicted molar refractivity (Wildman–Crippen MR) is 47.9 cm³/mol. The molecule has 0 aliphatic rings. The molecule has 0 aromatic carbocycles. The number of pyridine rings is 1. The van der Waals surface area contributed by atoms with Gasteiger partial charge in [0.15, 0.2) is 0 Å². The van der Waals surface area contributed by atoms with Gasteiger partial charge in [-0.1, -0.05) is 0 Å². The first-order valence-electron chi connectivity index (χ1n) is 3.39. The highest BCUT2D eigenvalue weighted by Crippen LogP contribution is 2.12. The summed E-state index contributed by atoms with van der Waals surface area (Å²) in [7, 11) is 0. The number of aryl methyl sites for hydroxylation is 2. The molecule has 0 fully saturated rings. The van der Waals surface area contributed by atoms with Crippen molar-refractivity contribution in [1.29, 1.82) is 0 Å². The summed E-state index contributed by atoms with van der Waals surface area (Å²) in [6.07, 6.45) is 0. The zero-order valence-electron chi connectivity index (χ0n) is 7.17. The van der Waals surface area contributed by atoms with Gasteiger partial charge in [-0.2, -0.15) is 4.39 Å². The van der Waals surface area contributed by atoms with Crippen molar-refractivity contribution in [3.8, 4) is 0 Å².